The Morgan fingerprint density at radius 2 is 1.06 bits per heavy atom. The van der Waals surface area contributed by atoms with E-state index in [-0.39, 0.29) is 5.57 Å². The molecule has 0 spiro atoms. The number of ether oxygens (including phenoxy) is 4. The highest BCUT2D eigenvalue weighted by Gasteiger charge is 2.93. The van der Waals surface area contributed by atoms with Gasteiger partial charge in [-0.15, -0.1) is 0 Å². The van der Waals surface area contributed by atoms with Gasteiger partial charge < -0.3 is 39.4 Å². The zero-order valence-electron chi connectivity index (χ0n) is 55.1. The number of ketones is 1. The van der Waals surface area contributed by atoms with Crippen molar-refractivity contribution in [1.29, 1.82) is 0 Å². The normalized spacial score (nSPS) is 28.4. The van der Waals surface area contributed by atoms with Gasteiger partial charge in [0.1, 0.15) is 24.2 Å². The summed E-state index contributed by atoms with van der Waals surface area (Å²) in [6.07, 6.45) is -1.84. The molecule has 4 fully saturated rings. The molecule has 12 heteroatoms. The topological polar surface area (TPSA) is 189 Å². The van der Waals surface area contributed by atoms with Crippen LogP contribution in [0.2, 0.25) is 0 Å². The van der Waals surface area contributed by atoms with E-state index in [1.54, 1.807) is 20.8 Å². The molecule has 1 aliphatic heterocycles. The molecular weight excluding hydrogens is 913 g/mol. The predicted molar refractivity (Wildman–Crippen MR) is 312 cm³/mol. The summed E-state index contributed by atoms with van der Waals surface area (Å²) in [5.74, 6) is -8.16. The van der Waals surface area contributed by atoms with Gasteiger partial charge in [0.15, 0.2) is 17.0 Å². The summed E-state index contributed by atoms with van der Waals surface area (Å²) >= 11 is 0. The molecule has 3 saturated carbocycles. The number of carbonyl (C=O) groups is 4. The standard InChI is InChI=1S/C29H40O12.C3H8.14C2H6/c1-8-12(2)23(35)40-29-19(25(29,5)6)18-21(34)26(11-30)24(41-26)28(37)15(9-13(3)20(28)33)27(18,36)14(4)22(29)39-17(32)10-16(31)38-7;1-3-2;14*1-2/h9,12,14-15,18-19,21-22,24,30,34,36-37H,8,10-11H2,1-7H3;3H2,1-2H3;14*1-2H3. The molecule has 0 aromatic rings. The molecule has 12 nitrogen and oxygen atoms in total. The SMILES string of the molecule is CC.CC.CC.CC.CC.CC.CC.CC.CC.CC.CC.CC.CC.CC.CCC.CCC(C)C(=O)OC12C(OC(=O)CC(=O)OC)C(C)C3(O)C(C(O)C4(CO)OC4C4(O)C(=O)C(C)=CC43)C1C2(C)C. The number of rotatable bonds is 7. The lowest BCUT2D eigenvalue weighted by Crippen LogP contribution is -2.69. The molecule has 0 amide bonds. The van der Waals surface area contributed by atoms with Crippen molar-refractivity contribution in [3.05, 3.63) is 11.6 Å². The number of fused-ring (bicyclic) bond motifs is 7. The van der Waals surface area contributed by atoms with E-state index >= 15 is 0 Å². The van der Waals surface area contributed by atoms with Crippen molar-refractivity contribution in [3.63, 3.8) is 0 Å². The molecule has 1 heterocycles. The van der Waals surface area contributed by atoms with Crippen LogP contribution in [-0.2, 0) is 38.1 Å². The molecule has 4 aliphatic carbocycles. The largest absolute Gasteiger partial charge is 0.469 e. The fraction of sp³-hybridized carbons (Fsp3) is 0.900. The Bertz CT molecular complexity index is 1250. The first kappa shape index (κ1) is 95.4. The molecule has 0 bridgehead atoms. The summed E-state index contributed by atoms with van der Waals surface area (Å²) in [6, 6.07) is 0. The van der Waals surface area contributed by atoms with Crippen LogP contribution in [0.1, 0.15) is 269 Å². The average Bonchev–Trinajstić information content (AvgIpc) is 4.31. The zero-order valence-corrected chi connectivity index (χ0v) is 55.1. The third kappa shape index (κ3) is 21.7. The summed E-state index contributed by atoms with van der Waals surface area (Å²) in [6.45, 7) is 69.5. The van der Waals surface area contributed by atoms with Crippen LogP contribution in [0, 0.1) is 35.0 Å². The van der Waals surface area contributed by atoms with E-state index in [2.05, 4.69) is 18.6 Å². The molecule has 0 aromatic carbocycles. The first-order valence-electron chi connectivity index (χ1n) is 29.5. The molecule has 5 rings (SSSR count). The summed E-state index contributed by atoms with van der Waals surface area (Å²) in [5, 5.41) is 47.1. The lowest BCUT2D eigenvalue weighted by molar-refractivity contribution is -0.251. The van der Waals surface area contributed by atoms with Gasteiger partial charge in [-0.25, -0.2) is 0 Å². The molecule has 5 aliphatic rings. The van der Waals surface area contributed by atoms with Gasteiger partial charge in [-0.3, -0.25) is 19.2 Å². The van der Waals surface area contributed by atoms with Crippen LogP contribution < -0.4 is 0 Å². The number of methoxy groups -OCH3 is 1. The number of aliphatic hydroxyl groups excluding tert-OH is 2. The highest BCUT2D eigenvalue weighted by Crippen LogP contribution is 2.79. The van der Waals surface area contributed by atoms with Crippen molar-refractivity contribution >= 4 is 23.7 Å². The Hall–Kier alpha value is -2.38. The first-order valence-corrected chi connectivity index (χ1v) is 29.5. The smallest absolute Gasteiger partial charge is 0.317 e. The predicted octanol–water partition coefficient (Wildman–Crippen LogP) is 15.6. The summed E-state index contributed by atoms with van der Waals surface area (Å²) in [4.78, 5) is 51.6. The average molecular weight is 1050 g/mol. The molecule has 4 N–H and O–H groups in total. The number of epoxide rings is 1. The maximum absolute atomic E-state index is 13.4. The minimum atomic E-state index is -2.32. The van der Waals surface area contributed by atoms with E-state index in [1.807, 2.05) is 201 Å². The molecule has 0 radical (unpaired) electrons. The second-order valence-electron chi connectivity index (χ2n) is 13.8. The van der Waals surface area contributed by atoms with Gasteiger partial charge in [0.05, 0.1) is 31.3 Å². The van der Waals surface area contributed by atoms with Crippen molar-refractivity contribution in [2.75, 3.05) is 13.7 Å². The fourth-order valence-electron chi connectivity index (χ4n) is 8.48. The minimum Gasteiger partial charge on any atom is -0.469 e. The molecule has 12 unspecified atom stereocenters. The molecular formula is C60H132O12. The van der Waals surface area contributed by atoms with Crippen LogP contribution in [0.5, 0.6) is 0 Å². The van der Waals surface area contributed by atoms with Crippen molar-refractivity contribution < 1.29 is 58.6 Å². The van der Waals surface area contributed by atoms with Crippen LogP contribution >= 0.6 is 0 Å². The van der Waals surface area contributed by atoms with E-state index in [9.17, 15) is 39.6 Å². The second-order valence-corrected chi connectivity index (χ2v) is 13.8. The first-order chi connectivity index (χ1) is 34.4. The molecule has 1 saturated heterocycles. The van der Waals surface area contributed by atoms with E-state index in [4.69, 9.17) is 14.2 Å². The second kappa shape index (κ2) is 54.9. The quantitative estimate of drug-likeness (QED) is 0.0818. The Kier molecular flexibility index (Phi) is 72.7. The van der Waals surface area contributed by atoms with Gasteiger partial charge in [-0.1, -0.05) is 255 Å². The monoisotopic (exact) mass is 1040 g/mol. The highest BCUT2D eigenvalue weighted by molar-refractivity contribution is 6.05. The zero-order chi connectivity index (χ0) is 61.4. The van der Waals surface area contributed by atoms with Crippen LogP contribution in [0.15, 0.2) is 11.6 Å². The van der Waals surface area contributed by atoms with Gasteiger partial charge >= 0.3 is 17.9 Å². The summed E-state index contributed by atoms with van der Waals surface area (Å²) in [5.41, 5.74) is -8.58. The van der Waals surface area contributed by atoms with Gasteiger partial charge in [0, 0.05) is 29.1 Å². The minimum absolute atomic E-state index is 0.171. The fourth-order valence-corrected chi connectivity index (χ4v) is 8.48. The highest BCUT2D eigenvalue weighted by atomic mass is 16.7. The van der Waals surface area contributed by atoms with Crippen LogP contribution in [0.3, 0.4) is 0 Å². The summed E-state index contributed by atoms with van der Waals surface area (Å²) < 4.78 is 22.4. The maximum atomic E-state index is 13.4. The third-order valence-electron chi connectivity index (χ3n) is 11.0. The van der Waals surface area contributed by atoms with Crippen molar-refractivity contribution in [2.24, 2.45) is 35.0 Å². The number of hydrogen-bond donors (Lipinski definition) is 4. The van der Waals surface area contributed by atoms with Gasteiger partial charge in [0.25, 0.3) is 0 Å². The maximum Gasteiger partial charge on any atom is 0.317 e. The molecule has 444 valence electrons. The molecule has 12 atom stereocenters. The van der Waals surface area contributed by atoms with Crippen molar-refractivity contribution in [3.8, 4) is 0 Å². The Labute approximate surface area is 450 Å². The van der Waals surface area contributed by atoms with Crippen molar-refractivity contribution in [2.45, 2.75) is 309 Å². The van der Waals surface area contributed by atoms with E-state index in [1.165, 1.54) is 26.3 Å². The number of esters is 3. The number of carbonyl (C=O) groups excluding carboxylic acids is 4. The lowest BCUT2D eigenvalue weighted by Gasteiger charge is -2.54. The van der Waals surface area contributed by atoms with Crippen molar-refractivity contribution in [1.82, 2.24) is 0 Å². The van der Waals surface area contributed by atoms with Gasteiger partial charge in [-0.2, -0.15) is 0 Å². The van der Waals surface area contributed by atoms with Crippen LogP contribution in [-0.4, -0.2) is 98.6 Å². The number of Topliss-reactive ketones (excluding diaryl/α,β-unsaturated/α-hetero) is 1. The summed E-state index contributed by atoms with van der Waals surface area (Å²) in [7, 11) is 1.12. The molecule has 72 heavy (non-hydrogen) atoms. The lowest BCUT2D eigenvalue weighted by atomic mass is 9.58. The number of hydrogen-bond acceptors (Lipinski definition) is 12. The Balaban J connectivity index is -0.000000114. The number of aliphatic hydroxyl groups is 4. The van der Waals surface area contributed by atoms with E-state index in [0.717, 1.165) is 7.11 Å². The third-order valence-corrected chi connectivity index (χ3v) is 11.0. The van der Waals surface area contributed by atoms with Crippen LogP contribution in [0.25, 0.3) is 0 Å². The Morgan fingerprint density at radius 3 is 1.38 bits per heavy atom. The van der Waals surface area contributed by atoms with Crippen LogP contribution in [0.4, 0.5) is 0 Å². The molecule has 0 aromatic heterocycles. The van der Waals surface area contributed by atoms with Gasteiger partial charge in [-0.05, 0) is 18.9 Å². The van der Waals surface area contributed by atoms with Gasteiger partial charge in [0.2, 0.25) is 0 Å². The Morgan fingerprint density at radius 1 is 0.694 bits per heavy atom. The van der Waals surface area contributed by atoms with E-state index in [0.29, 0.717) is 6.42 Å². The van der Waals surface area contributed by atoms with E-state index < -0.39 is 112 Å².